The highest BCUT2D eigenvalue weighted by Gasteiger charge is 2.16. The van der Waals surface area contributed by atoms with Crippen LogP contribution in [0.5, 0.6) is 5.75 Å². The zero-order valence-corrected chi connectivity index (χ0v) is 25.1. The van der Waals surface area contributed by atoms with E-state index in [9.17, 15) is 14.4 Å². The van der Waals surface area contributed by atoms with Gasteiger partial charge in [0.25, 0.3) is 11.8 Å². The van der Waals surface area contributed by atoms with E-state index >= 15 is 0 Å². The number of amides is 3. The van der Waals surface area contributed by atoms with Crippen LogP contribution < -0.4 is 20.7 Å². The van der Waals surface area contributed by atoms with E-state index in [0.29, 0.717) is 16.4 Å². The minimum Gasteiger partial charge on any atom is -0.497 e. The van der Waals surface area contributed by atoms with Gasteiger partial charge in [0.1, 0.15) is 11.4 Å². The minimum atomic E-state index is -0.474. The molecular weight excluding hydrogens is 581 g/mol. The minimum absolute atomic E-state index is 0.102. The lowest BCUT2D eigenvalue weighted by Gasteiger charge is -2.12. The molecule has 0 spiro atoms. The highest BCUT2D eigenvalue weighted by molar-refractivity contribution is 8.00. The highest BCUT2D eigenvalue weighted by atomic mass is 32.2. The zero-order chi connectivity index (χ0) is 30.2. The number of nitrogens with one attached hydrogen (secondary N) is 3. The summed E-state index contributed by atoms with van der Waals surface area (Å²) in [6.07, 6.45) is 1.64. The Morgan fingerprint density at radius 3 is 2.51 bits per heavy atom. The Balaban J connectivity index is 1.24. The number of thioether (sulfide) groups is 1. The van der Waals surface area contributed by atoms with Crippen LogP contribution >= 0.6 is 23.1 Å². The van der Waals surface area contributed by atoms with Gasteiger partial charge in [0, 0.05) is 16.1 Å². The van der Waals surface area contributed by atoms with Crippen molar-refractivity contribution < 1.29 is 19.1 Å². The molecule has 5 aromatic rings. The van der Waals surface area contributed by atoms with Crippen LogP contribution in [0.15, 0.2) is 108 Å². The molecule has 0 aliphatic rings. The summed E-state index contributed by atoms with van der Waals surface area (Å²) in [7, 11) is 1.60. The monoisotopic (exact) mass is 608 g/mol. The standard InChI is InChI=1S/C33H28N4O4S2/c1-21-8-6-9-22(16-21)17-28(35-31(39)23-10-4-3-5-11-23)32(40)34-24-12-7-13-26(18-24)42-20-30(38)37-33-36-27-15-14-25(41-2)19-29(27)43-33/h3-19H,20H2,1-2H3,(H,34,40)(H,35,39)(H,36,37,38)/b28-17+. The van der Waals surface area contributed by atoms with Crippen molar-refractivity contribution in [1.82, 2.24) is 10.3 Å². The number of hydrogen-bond donors (Lipinski definition) is 3. The summed E-state index contributed by atoms with van der Waals surface area (Å²) in [5, 5.41) is 8.99. The van der Waals surface area contributed by atoms with E-state index in [0.717, 1.165) is 32.0 Å². The Kier molecular flexibility index (Phi) is 9.50. The van der Waals surface area contributed by atoms with Crippen molar-refractivity contribution in [3.05, 3.63) is 119 Å². The number of rotatable bonds is 10. The first-order chi connectivity index (χ1) is 20.9. The van der Waals surface area contributed by atoms with E-state index < -0.39 is 11.8 Å². The lowest BCUT2D eigenvalue weighted by molar-refractivity contribution is -0.114. The van der Waals surface area contributed by atoms with Gasteiger partial charge in [-0.1, -0.05) is 65.4 Å². The third-order valence-electron chi connectivity index (χ3n) is 6.19. The Bertz CT molecular complexity index is 1820. The van der Waals surface area contributed by atoms with Crippen molar-refractivity contribution in [1.29, 1.82) is 0 Å². The maximum absolute atomic E-state index is 13.4. The predicted octanol–water partition coefficient (Wildman–Crippen LogP) is 6.75. The Morgan fingerprint density at radius 1 is 0.907 bits per heavy atom. The molecular formula is C33H28N4O4S2. The molecule has 0 fully saturated rings. The van der Waals surface area contributed by atoms with Gasteiger partial charge in [-0.15, -0.1) is 11.8 Å². The van der Waals surface area contributed by atoms with Gasteiger partial charge in [-0.05, 0) is 67.1 Å². The van der Waals surface area contributed by atoms with Crippen molar-refractivity contribution in [3.63, 3.8) is 0 Å². The molecule has 0 aliphatic heterocycles. The smallest absolute Gasteiger partial charge is 0.272 e. The number of aromatic nitrogens is 1. The number of ether oxygens (including phenoxy) is 1. The third kappa shape index (κ3) is 8.09. The number of fused-ring (bicyclic) bond motifs is 1. The fraction of sp³-hybridized carbons (Fsp3) is 0.0909. The first-order valence-electron chi connectivity index (χ1n) is 13.3. The second kappa shape index (κ2) is 13.8. The van der Waals surface area contributed by atoms with E-state index in [4.69, 9.17) is 4.74 Å². The number of anilines is 2. The topological polar surface area (TPSA) is 109 Å². The summed E-state index contributed by atoms with van der Waals surface area (Å²) in [5.41, 5.74) is 3.66. The van der Waals surface area contributed by atoms with E-state index in [-0.39, 0.29) is 17.4 Å². The van der Waals surface area contributed by atoms with Crippen LogP contribution in [0.25, 0.3) is 16.3 Å². The summed E-state index contributed by atoms with van der Waals surface area (Å²) in [5.74, 6) is -0.178. The number of aryl methyl sites for hydroxylation is 1. The zero-order valence-electron chi connectivity index (χ0n) is 23.4. The SMILES string of the molecule is COc1ccc2nc(NC(=O)CSc3cccc(NC(=O)/C(=C\c4cccc(C)c4)NC(=O)c4ccccc4)c3)sc2c1. The number of carbonyl (C=O) groups excluding carboxylic acids is 3. The van der Waals surface area contributed by atoms with Crippen LogP contribution in [0.3, 0.4) is 0 Å². The van der Waals surface area contributed by atoms with Crippen molar-refractivity contribution in [2.24, 2.45) is 0 Å². The molecule has 3 amide bonds. The number of methoxy groups -OCH3 is 1. The first kappa shape index (κ1) is 29.6. The van der Waals surface area contributed by atoms with Gasteiger partial charge in [-0.3, -0.25) is 14.4 Å². The van der Waals surface area contributed by atoms with Crippen molar-refractivity contribution in [2.75, 3.05) is 23.5 Å². The van der Waals surface area contributed by atoms with Crippen molar-refractivity contribution in [3.8, 4) is 5.75 Å². The van der Waals surface area contributed by atoms with Crippen LogP contribution in [-0.2, 0) is 9.59 Å². The molecule has 0 aliphatic carbocycles. The second-order valence-electron chi connectivity index (χ2n) is 9.46. The molecule has 4 aromatic carbocycles. The molecule has 10 heteroatoms. The summed E-state index contributed by atoms with van der Waals surface area (Å²) in [6, 6.07) is 29.1. The van der Waals surface area contributed by atoms with Gasteiger partial charge in [0.15, 0.2) is 5.13 Å². The van der Waals surface area contributed by atoms with E-state index in [1.165, 1.54) is 23.1 Å². The normalized spacial score (nSPS) is 11.2. The lowest BCUT2D eigenvalue weighted by atomic mass is 10.1. The van der Waals surface area contributed by atoms with Crippen LogP contribution in [0.2, 0.25) is 0 Å². The van der Waals surface area contributed by atoms with Crippen LogP contribution in [-0.4, -0.2) is 35.6 Å². The molecule has 216 valence electrons. The molecule has 0 saturated heterocycles. The summed E-state index contributed by atoms with van der Waals surface area (Å²) >= 11 is 2.71. The number of hydrogen-bond acceptors (Lipinski definition) is 7. The van der Waals surface area contributed by atoms with E-state index in [2.05, 4.69) is 20.9 Å². The van der Waals surface area contributed by atoms with E-state index in [1.807, 2.05) is 61.5 Å². The summed E-state index contributed by atoms with van der Waals surface area (Å²) in [6.45, 7) is 1.96. The highest BCUT2D eigenvalue weighted by Crippen LogP contribution is 2.29. The van der Waals surface area contributed by atoms with Crippen molar-refractivity contribution in [2.45, 2.75) is 11.8 Å². The summed E-state index contributed by atoms with van der Waals surface area (Å²) in [4.78, 5) is 44.2. The van der Waals surface area contributed by atoms with E-state index in [1.54, 1.807) is 55.7 Å². The molecule has 0 bridgehead atoms. The molecule has 3 N–H and O–H groups in total. The Hall–Kier alpha value is -4.93. The molecule has 0 saturated carbocycles. The van der Waals surface area contributed by atoms with Gasteiger partial charge < -0.3 is 20.7 Å². The predicted molar refractivity (Wildman–Crippen MR) is 174 cm³/mol. The molecule has 1 aromatic heterocycles. The molecule has 1 heterocycles. The fourth-order valence-corrected chi connectivity index (χ4v) is 5.79. The Labute approximate surface area is 257 Å². The number of benzene rings is 4. The molecule has 8 nitrogen and oxygen atoms in total. The second-order valence-corrected chi connectivity index (χ2v) is 11.5. The average molecular weight is 609 g/mol. The van der Waals surface area contributed by atoms with Gasteiger partial charge >= 0.3 is 0 Å². The largest absolute Gasteiger partial charge is 0.497 e. The number of carbonyl (C=O) groups is 3. The number of nitrogens with zero attached hydrogens (tertiary/aromatic N) is 1. The quantitative estimate of drug-likeness (QED) is 0.120. The van der Waals surface area contributed by atoms with Gasteiger partial charge in [-0.25, -0.2) is 4.98 Å². The van der Waals surface area contributed by atoms with Gasteiger partial charge in [0.05, 0.1) is 23.1 Å². The molecule has 0 atom stereocenters. The summed E-state index contributed by atoms with van der Waals surface area (Å²) < 4.78 is 6.17. The maximum Gasteiger partial charge on any atom is 0.272 e. The van der Waals surface area contributed by atoms with Crippen LogP contribution in [0.4, 0.5) is 10.8 Å². The van der Waals surface area contributed by atoms with Crippen LogP contribution in [0, 0.1) is 6.92 Å². The van der Waals surface area contributed by atoms with Gasteiger partial charge in [-0.2, -0.15) is 0 Å². The molecule has 0 unspecified atom stereocenters. The number of thiazole rings is 1. The molecule has 0 radical (unpaired) electrons. The van der Waals surface area contributed by atoms with Gasteiger partial charge in [0.2, 0.25) is 5.91 Å². The third-order valence-corrected chi connectivity index (χ3v) is 8.11. The average Bonchev–Trinajstić information content (AvgIpc) is 3.41. The van der Waals surface area contributed by atoms with Crippen LogP contribution in [0.1, 0.15) is 21.5 Å². The molecule has 43 heavy (non-hydrogen) atoms. The van der Waals surface area contributed by atoms with Crippen molar-refractivity contribution >= 4 is 67.9 Å². The molecule has 5 rings (SSSR count). The lowest BCUT2D eigenvalue weighted by Crippen LogP contribution is -2.30. The maximum atomic E-state index is 13.4. The first-order valence-corrected chi connectivity index (χ1v) is 15.1. The Morgan fingerprint density at radius 2 is 1.72 bits per heavy atom. The fourth-order valence-electron chi connectivity index (χ4n) is 4.12.